The number of amides is 2. The standard InChI is InChI=1S/C23H31N5O5S/c1-27-9-11-28(12-10-27)8-3-7-24-23(30)25-21-19(22(29)31-2)20(26-34-21)33-15-16-4-5-17-6-13-32-18(17)14-16/h4-5,14H,3,6-13,15H2,1-2H3,(H2,24,25,30). The van der Waals surface area contributed by atoms with Crippen molar-refractivity contribution in [3.8, 4) is 11.6 Å². The summed E-state index contributed by atoms with van der Waals surface area (Å²) in [7, 11) is 3.41. The van der Waals surface area contributed by atoms with Crippen molar-refractivity contribution in [2.24, 2.45) is 0 Å². The van der Waals surface area contributed by atoms with Crippen LogP contribution in [0.1, 0.15) is 27.9 Å². The molecule has 184 valence electrons. The van der Waals surface area contributed by atoms with Gasteiger partial charge in [0.05, 0.1) is 13.7 Å². The fourth-order valence-electron chi connectivity index (χ4n) is 3.92. The molecular formula is C23H31N5O5S. The lowest BCUT2D eigenvalue weighted by Crippen LogP contribution is -2.45. The third-order valence-electron chi connectivity index (χ3n) is 5.95. The first-order valence-electron chi connectivity index (χ1n) is 11.4. The second-order valence-corrected chi connectivity index (χ2v) is 9.17. The van der Waals surface area contributed by atoms with Crippen molar-refractivity contribution in [2.45, 2.75) is 19.4 Å². The summed E-state index contributed by atoms with van der Waals surface area (Å²) >= 11 is 0.980. The van der Waals surface area contributed by atoms with Gasteiger partial charge in [-0.3, -0.25) is 5.32 Å². The van der Waals surface area contributed by atoms with Crippen molar-refractivity contribution in [1.82, 2.24) is 19.5 Å². The van der Waals surface area contributed by atoms with E-state index in [-0.39, 0.29) is 23.1 Å². The number of benzene rings is 1. The summed E-state index contributed by atoms with van der Waals surface area (Å²) in [5.41, 5.74) is 2.18. The lowest BCUT2D eigenvalue weighted by Gasteiger charge is -2.32. The van der Waals surface area contributed by atoms with Gasteiger partial charge in [-0.25, -0.2) is 9.59 Å². The van der Waals surface area contributed by atoms with Gasteiger partial charge >= 0.3 is 12.0 Å². The third-order valence-corrected chi connectivity index (χ3v) is 6.69. The topological polar surface area (TPSA) is 105 Å². The van der Waals surface area contributed by atoms with Crippen molar-refractivity contribution >= 4 is 28.5 Å². The predicted molar refractivity (Wildman–Crippen MR) is 129 cm³/mol. The Bertz CT molecular complexity index is 1010. The molecule has 0 radical (unpaired) electrons. The smallest absolute Gasteiger partial charge is 0.346 e. The highest BCUT2D eigenvalue weighted by molar-refractivity contribution is 7.11. The van der Waals surface area contributed by atoms with E-state index in [0.717, 1.165) is 68.4 Å². The van der Waals surface area contributed by atoms with Gasteiger partial charge in [0, 0.05) is 39.1 Å². The zero-order valence-electron chi connectivity index (χ0n) is 19.6. The molecular weight excluding hydrogens is 458 g/mol. The Morgan fingerprint density at radius 3 is 2.85 bits per heavy atom. The molecule has 1 saturated heterocycles. The summed E-state index contributed by atoms with van der Waals surface area (Å²) in [4.78, 5) is 29.5. The van der Waals surface area contributed by atoms with Crippen molar-refractivity contribution in [3.05, 3.63) is 34.9 Å². The molecule has 10 nitrogen and oxygen atoms in total. The van der Waals surface area contributed by atoms with Crippen LogP contribution in [0, 0.1) is 0 Å². The molecule has 0 spiro atoms. The Morgan fingerprint density at radius 1 is 1.24 bits per heavy atom. The normalized spacial score (nSPS) is 15.9. The maximum absolute atomic E-state index is 12.4. The first-order chi connectivity index (χ1) is 16.5. The fraction of sp³-hybridized carbons (Fsp3) is 0.522. The monoisotopic (exact) mass is 489 g/mol. The summed E-state index contributed by atoms with van der Waals surface area (Å²) in [6, 6.07) is 5.52. The number of nitrogens with zero attached hydrogens (tertiary/aromatic N) is 3. The van der Waals surface area contributed by atoms with Crippen LogP contribution in [0.25, 0.3) is 0 Å². The molecule has 34 heavy (non-hydrogen) atoms. The molecule has 11 heteroatoms. The quantitative estimate of drug-likeness (QED) is 0.408. The summed E-state index contributed by atoms with van der Waals surface area (Å²) in [6.45, 7) is 6.61. The lowest BCUT2D eigenvalue weighted by molar-refractivity contribution is 0.0596. The average Bonchev–Trinajstić information content (AvgIpc) is 3.47. The van der Waals surface area contributed by atoms with Crippen LogP contribution >= 0.6 is 11.5 Å². The number of likely N-dealkylation sites (N-methyl/N-ethyl adjacent to an activating group) is 1. The van der Waals surface area contributed by atoms with Gasteiger partial charge in [-0.2, -0.15) is 4.37 Å². The van der Waals surface area contributed by atoms with Crippen LogP contribution in [-0.4, -0.2) is 86.2 Å². The number of fused-ring (bicyclic) bond motifs is 1. The molecule has 4 rings (SSSR count). The minimum Gasteiger partial charge on any atom is -0.493 e. The Labute approximate surface area is 203 Å². The van der Waals surface area contributed by atoms with E-state index in [1.165, 1.54) is 12.7 Å². The number of urea groups is 1. The van der Waals surface area contributed by atoms with E-state index in [1.807, 2.05) is 18.2 Å². The number of piperazine rings is 1. The molecule has 0 atom stereocenters. The van der Waals surface area contributed by atoms with E-state index < -0.39 is 12.0 Å². The zero-order chi connectivity index (χ0) is 23.9. The number of carbonyl (C=O) groups excluding carboxylic acids is 2. The van der Waals surface area contributed by atoms with Gasteiger partial charge in [0.1, 0.15) is 17.4 Å². The van der Waals surface area contributed by atoms with Crippen LogP contribution in [-0.2, 0) is 17.8 Å². The number of aromatic nitrogens is 1. The van der Waals surface area contributed by atoms with Gasteiger partial charge in [0.25, 0.3) is 0 Å². The molecule has 1 aromatic carbocycles. The SMILES string of the molecule is COC(=O)c1c(OCc2ccc3c(c2)OCC3)nsc1NC(=O)NCCCN1CCN(C)CC1. The molecule has 2 amide bonds. The number of carbonyl (C=O) groups is 2. The number of esters is 1. The fourth-order valence-corrected chi connectivity index (χ4v) is 4.64. The van der Waals surface area contributed by atoms with E-state index in [1.54, 1.807) is 0 Å². The molecule has 3 heterocycles. The molecule has 1 aromatic heterocycles. The number of hydrogen-bond acceptors (Lipinski definition) is 9. The number of ether oxygens (including phenoxy) is 3. The molecule has 0 unspecified atom stereocenters. The van der Waals surface area contributed by atoms with Crippen LogP contribution in [0.5, 0.6) is 11.6 Å². The maximum Gasteiger partial charge on any atom is 0.346 e. The summed E-state index contributed by atoms with van der Waals surface area (Å²) in [6.07, 6.45) is 1.75. The van der Waals surface area contributed by atoms with Gasteiger partial charge in [-0.05, 0) is 48.7 Å². The van der Waals surface area contributed by atoms with Crippen molar-refractivity contribution in [2.75, 3.05) is 65.3 Å². The second-order valence-electron chi connectivity index (χ2n) is 8.39. The Hall–Kier alpha value is -2.89. The molecule has 0 saturated carbocycles. The minimum absolute atomic E-state index is 0.109. The van der Waals surface area contributed by atoms with Crippen LogP contribution in [0.15, 0.2) is 18.2 Å². The summed E-state index contributed by atoms with van der Waals surface area (Å²) in [5, 5.41) is 5.83. The molecule has 2 aliphatic rings. The first kappa shape index (κ1) is 24.2. The number of methoxy groups -OCH3 is 1. The van der Waals surface area contributed by atoms with E-state index in [9.17, 15) is 9.59 Å². The van der Waals surface area contributed by atoms with E-state index >= 15 is 0 Å². The molecule has 1 fully saturated rings. The van der Waals surface area contributed by atoms with Gasteiger partial charge in [-0.1, -0.05) is 12.1 Å². The summed E-state index contributed by atoms with van der Waals surface area (Å²) in [5.74, 6) is 0.370. The number of anilines is 1. The van der Waals surface area contributed by atoms with Crippen LogP contribution in [0.4, 0.5) is 9.80 Å². The zero-order valence-corrected chi connectivity index (χ0v) is 20.4. The molecule has 2 aliphatic heterocycles. The highest BCUT2D eigenvalue weighted by Crippen LogP contribution is 2.32. The molecule has 2 N–H and O–H groups in total. The van der Waals surface area contributed by atoms with Gasteiger partial charge in [0.15, 0.2) is 5.56 Å². The highest BCUT2D eigenvalue weighted by atomic mass is 32.1. The number of rotatable bonds is 9. The van der Waals surface area contributed by atoms with Crippen molar-refractivity contribution in [1.29, 1.82) is 0 Å². The Balaban J connectivity index is 1.29. The Kier molecular flexibility index (Phi) is 8.20. The minimum atomic E-state index is -0.619. The number of nitrogens with one attached hydrogen (secondary N) is 2. The molecule has 2 aromatic rings. The van der Waals surface area contributed by atoms with E-state index in [2.05, 4.69) is 31.9 Å². The molecule has 0 aliphatic carbocycles. The van der Waals surface area contributed by atoms with E-state index in [0.29, 0.717) is 13.2 Å². The lowest BCUT2D eigenvalue weighted by atomic mass is 10.1. The van der Waals surface area contributed by atoms with Gasteiger partial charge in [0.2, 0.25) is 5.88 Å². The third kappa shape index (κ3) is 6.16. The highest BCUT2D eigenvalue weighted by Gasteiger charge is 2.25. The van der Waals surface area contributed by atoms with Crippen LogP contribution in [0.2, 0.25) is 0 Å². The molecule has 0 bridgehead atoms. The van der Waals surface area contributed by atoms with Gasteiger partial charge < -0.3 is 29.3 Å². The maximum atomic E-state index is 12.4. The second kappa shape index (κ2) is 11.5. The first-order valence-corrected chi connectivity index (χ1v) is 12.2. The number of hydrogen-bond donors (Lipinski definition) is 2. The van der Waals surface area contributed by atoms with E-state index in [4.69, 9.17) is 14.2 Å². The largest absolute Gasteiger partial charge is 0.493 e. The average molecular weight is 490 g/mol. The predicted octanol–water partition coefficient (Wildman–Crippen LogP) is 2.20. The van der Waals surface area contributed by atoms with Crippen molar-refractivity contribution < 1.29 is 23.8 Å². The Morgan fingerprint density at radius 2 is 2.06 bits per heavy atom. The van der Waals surface area contributed by atoms with Crippen LogP contribution < -0.4 is 20.1 Å². The summed E-state index contributed by atoms with van der Waals surface area (Å²) < 4.78 is 20.5. The van der Waals surface area contributed by atoms with Gasteiger partial charge in [-0.15, -0.1) is 0 Å². The van der Waals surface area contributed by atoms with Crippen LogP contribution in [0.3, 0.4) is 0 Å². The van der Waals surface area contributed by atoms with Crippen molar-refractivity contribution in [3.63, 3.8) is 0 Å².